The van der Waals surface area contributed by atoms with Crippen molar-refractivity contribution in [2.45, 2.75) is 76.3 Å². The van der Waals surface area contributed by atoms with Gasteiger partial charge in [-0.2, -0.15) is 5.26 Å². The highest BCUT2D eigenvalue weighted by Gasteiger charge is 2.56. The SMILES string of the molecule is CC(C)(C)[C@@H](c1ccc(F)cc1)N1C(=O)[C@H]2C[C@@H]1CN2C[C@H](N)C(=O)N1C2C[C@H]2C[C@H]1C#N. The fourth-order valence-corrected chi connectivity index (χ4v) is 6.36. The molecule has 1 aromatic rings. The Morgan fingerprint density at radius 1 is 1.24 bits per heavy atom. The number of fused-ring (bicyclic) bond motifs is 3. The van der Waals surface area contributed by atoms with Crippen LogP contribution >= 0.6 is 0 Å². The second-order valence-corrected chi connectivity index (χ2v) is 11.2. The molecule has 3 saturated heterocycles. The van der Waals surface area contributed by atoms with E-state index in [1.54, 1.807) is 17.0 Å². The number of hydrogen-bond acceptors (Lipinski definition) is 5. The fraction of sp³-hybridized carbons (Fsp3) is 0.640. The summed E-state index contributed by atoms with van der Waals surface area (Å²) in [5.41, 5.74) is 7.02. The van der Waals surface area contributed by atoms with Crippen molar-refractivity contribution in [3.05, 3.63) is 35.6 Å². The van der Waals surface area contributed by atoms with Crippen LogP contribution in [0.15, 0.2) is 24.3 Å². The molecule has 4 aliphatic rings. The Balaban J connectivity index is 1.29. The van der Waals surface area contributed by atoms with Crippen molar-refractivity contribution in [3.8, 4) is 6.07 Å². The Bertz CT molecular complexity index is 1000. The van der Waals surface area contributed by atoms with Crippen LogP contribution in [-0.2, 0) is 9.59 Å². The minimum absolute atomic E-state index is 0.0329. The van der Waals surface area contributed by atoms with Gasteiger partial charge in [-0.1, -0.05) is 32.9 Å². The average Bonchev–Trinajstić information content (AvgIpc) is 3.09. The molecule has 2 N–H and O–H groups in total. The van der Waals surface area contributed by atoms with Crippen molar-refractivity contribution in [2.75, 3.05) is 13.1 Å². The van der Waals surface area contributed by atoms with Gasteiger partial charge in [-0.15, -0.1) is 0 Å². The first-order valence-electron chi connectivity index (χ1n) is 11.9. The molecule has 2 amide bonds. The van der Waals surface area contributed by atoms with Crippen molar-refractivity contribution in [1.82, 2.24) is 14.7 Å². The maximum atomic E-state index is 13.5. The van der Waals surface area contributed by atoms with Crippen LogP contribution in [0, 0.1) is 28.5 Å². The van der Waals surface area contributed by atoms with Crippen molar-refractivity contribution >= 4 is 11.8 Å². The van der Waals surface area contributed by atoms with Crippen LogP contribution < -0.4 is 5.73 Å². The molecule has 1 saturated carbocycles. The summed E-state index contributed by atoms with van der Waals surface area (Å²) in [6, 6.07) is 7.30. The molecule has 1 aromatic carbocycles. The van der Waals surface area contributed by atoms with Gasteiger partial charge in [0, 0.05) is 25.2 Å². The third-order valence-electron chi connectivity index (χ3n) is 7.85. The predicted octanol–water partition coefficient (Wildman–Crippen LogP) is 2.04. The molecule has 0 spiro atoms. The van der Waals surface area contributed by atoms with Crippen molar-refractivity contribution in [2.24, 2.45) is 17.1 Å². The van der Waals surface area contributed by atoms with Gasteiger partial charge in [0.05, 0.1) is 24.2 Å². The maximum Gasteiger partial charge on any atom is 0.242 e. The van der Waals surface area contributed by atoms with Gasteiger partial charge in [0.15, 0.2) is 0 Å². The number of hydrogen-bond donors (Lipinski definition) is 1. The molecule has 7 nitrogen and oxygen atoms in total. The first-order chi connectivity index (χ1) is 15.6. The molecular weight excluding hydrogens is 421 g/mol. The van der Waals surface area contributed by atoms with Crippen LogP contribution in [0.2, 0.25) is 0 Å². The zero-order chi connectivity index (χ0) is 23.7. The van der Waals surface area contributed by atoms with Gasteiger partial charge in [-0.25, -0.2) is 4.39 Å². The molecular formula is C25H32FN5O2. The molecule has 0 aromatic heterocycles. The van der Waals surface area contributed by atoms with Crippen LogP contribution in [0.1, 0.15) is 51.6 Å². The topological polar surface area (TPSA) is 93.7 Å². The van der Waals surface area contributed by atoms with E-state index in [0.717, 1.165) is 18.4 Å². The highest BCUT2D eigenvalue weighted by molar-refractivity contribution is 5.87. The van der Waals surface area contributed by atoms with E-state index < -0.39 is 6.04 Å². The van der Waals surface area contributed by atoms with Gasteiger partial charge in [-0.3, -0.25) is 14.5 Å². The molecule has 1 aliphatic carbocycles. The van der Waals surface area contributed by atoms with Crippen LogP contribution in [0.25, 0.3) is 0 Å². The summed E-state index contributed by atoms with van der Waals surface area (Å²) in [5.74, 6) is 0.0372. The number of likely N-dealkylation sites (tertiary alicyclic amines) is 3. The lowest BCUT2D eigenvalue weighted by molar-refractivity contribution is -0.143. The number of piperidine rings is 1. The normalized spacial score (nSPS) is 32.6. The van der Waals surface area contributed by atoms with Crippen molar-refractivity contribution in [1.29, 1.82) is 5.26 Å². The third-order valence-corrected chi connectivity index (χ3v) is 7.85. The monoisotopic (exact) mass is 453 g/mol. The van der Waals surface area contributed by atoms with Gasteiger partial charge in [0.25, 0.3) is 0 Å². The van der Waals surface area contributed by atoms with Gasteiger partial charge in [-0.05, 0) is 48.3 Å². The molecule has 0 radical (unpaired) electrons. The maximum absolute atomic E-state index is 13.5. The number of carbonyl (C=O) groups excluding carboxylic acids is 2. The molecule has 8 heteroatoms. The molecule has 33 heavy (non-hydrogen) atoms. The number of amides is 2. The molecule has 7 atom stereocenters. The summed E-state index contributed by atoms with van der Waals surface area (Å²) in [4.78, 5) is 32.3. The Morgan fingerprint density at radius 2 is 1.94 bits per heavy atom. The Kier molecular flexibility index (Phi) is 5.26. The molecule has 176 valence electrons. The van der Waals surface area contributed by atoms with Crippen LogP contribution in [-0.4, -0.2) is 69.8 Å². The number of carbonyl (C=O) groups is 2. The van der Waals surface area contributed by atoms with Gasteiger partial charge < -0.3 is 15.5 Å². The molecule has 4 fully saturated rings. The Hall–Kier alpha value is -2.50. The number of nitrogens with zero attached hydrogens (tertiary/aromatic N) is 4. The number of piperazine rings is 1. The summed E-state index contributed by atoms with van der Waals surface area (Å²) in [5, 5.41) is 9.40. The third kappa shape index (κ3) is 3.71. The number of benzene rings is 1. The number of rotatable bonds is 5. The lowest BCUT2D eigenvalue weighted by Crippen LogP contribution is -2.58. The van der Waals surface area contributed by atoms with E-state index in [1.807, 2.05) is 9.80 Å². The van der Waals surface area contributed by atoms with E-state index in [0.29, 0.717) is 25.4 Å². The highest BCUT2D eigenvalue weighted by atomic mass is 19.1. The first-order valence-corrected chi connectivity index (χ1v) is 11.9. The van der Waals surface area contributed by atoms with Crippen molar-refractivity contribution in [3.63, 3.8) is 0 Å². The van der Waals surface area contributed by atoms with Crippen LogP contribution in [0.3, 0.4) is 0 Å². The predicted molar refractivity (Wildman–Crippen MR) is 120 cm³/mol. The minimum Gasteiger partial charge on any atom is -0.329 e. The zero-order valence-corrected chi connectivity index (χ0v) is 19.4. The standard InChI is InChI=1S/C25H32FN5O2/c1-25(2,3)22(14-4-6-16(26)7-5-14)31-18-10-21(24(31)33)29(12-18)13-19(28)23(32)30-17(11-27)8-15-9-20(15)30/h4-7,15,17-22H,8-10,12-13,28H2,1-3H3/t15-,17+,18-,19+,20?,21-,22-/m1/s1. The van der Waals surface area contributed by atoms with Gasteiger partial charge >= 0.3 is 0 Å². The summed E-state index contributed by atoms with van der Waals surface area (Å²) < 4.78 is 13.5. The Morgan fingerprint density at radius 3 is 2.55 bits per heavy atom. The van der Waals surface area contributed by atoms with E-state index in [2.05, 4.69) is 26.8 Å². The second-order valence-electron chi connectivity index (χ2n) is 11.2. The van der Waals surface area contributed by atoms with E-state index in [-0.39, 0.29) is 53.3 Å². The summed E-state index contributed by atoms with van der Waals surface area (Å²) in [6.45, 7) is 7.28. The largest absolute Gasteiger partial charge is 0.329 e. The van der Waals surface area contributed by atoms with Crippen LogP contribution in [0.4, 0.5) is 4.39 Å². The molecule has 5 rings (SSSR count). The summed E-state index contributed by atoms with van der Waals surface area (Å²) in [7, 11) is 0. The number of nitrogens with two attached hydrogens (primary N) is 1. The highest BCUT2D eigenvalue weighted by Crippen LogP contribution is 2.48. The molecule has 3 aliphatic heterocycles. The summed E-state index contributed by atoms with van der Waals surface area (Å²) >= 11 is 0. The van der Waals surface area contributed by atoms with E-state index >= 15 is 0 Å². The van der Waals surface area contributed by atoms with E-state index in [1.165, 1.54) is 12.1 Å². The van der Waals surface area contributed by atoms with Crippen molar-refractivity contribution < 1.29 is 14.0 Å². The second kappa shape index (κ2) is 7.78. The quantitative estimate of drug-likeness (QED) is 0.736. The zero-order valence-electron chi connectivity index (χ0n) is 19.4. The lowest BCUT2D eigenvalue weighted by Gasteiger charge is -2.45. The number of nitriles is 1. The molecule has 3 heterocycles. The summed E-state index contributed by atoms with van der Waals surface area (Å²) in [6.07, 6.45) is 2.43. The fourth-order valence-electron chi connectivity index (χ4n) is 6.36. The minimum atomic E-state index is -0.740. The lowest BCUT2D eigenvalue weighted by atomic mass is 9.80. The number of halogens is 1. The average molecular weight is 454 g/mol. The van der Waals surface area contributed by atoms with Crippen LogP contribution in [0.5, 0.6) is 0 Å². The van der Waals surface area contributed by atoms with Gasteiger partial charge in [0.1, 0.15) is 11.9 Å². The smallest absolute Gasteiger partial charge is 0.242 e. The Labute approximate surface area is 194 Å². The molecule has 2 bridgehead atoms. The van der Waals surface area contributed by atoms with E-state index in [4.69, 9.17) is 5.73 Å². The van der Waals surface area contributed by atoms with E-state index in [9.17, 15) is 19.2 Å². The first kappa shape index (κ1) is 22.3. The van der Waals surface area contributed by atoms with Gasteiger partial charge in [0.2, 0.25) is 11.8 Å². The molecule has 1 unspecified atom stereocenters.